The minimum Gasteiger partial charge on any atom is -0.395 e. The van der Waals surface area contributed by atoms with Gasteiger partial charge in [-0.15, -0.1) is 0 Å². The molecule has 0 unspecified atom stereocenters. The fourth-order valence-corrected chi connectivity index (χ4v) is 0.614. The fraction of sp³-hybridized carbons (Fsp3) is 0.857. The topological polar surface area (TPSA) is 63.3 Å². The molecular weight excluding hydrogens is 130 g/mol. The van der Waals surface area contributed by atoms with Gasteiger partial charge in [0.25, 0.3) is 0 Å². The molecule has 0 aromatic carbocycles. The SMILES string of the molecule is CCC(=O)CC[C@H](N)CO. The number of aliphatic hydroxyl groups is 1. The number of hydrogen-bond acceptors (Lipinski definition) is 3. The highest BCUT2D eigenvalue weighted by atomic mass is 16.3. The third-order valence-electron chi connectivity index (χ3n) is 1.42. The van der Waals surface area contributed by atoms with Crippen LogP contribution in [0.25, 0.3) is 0 Å². The van der Waals surface area contributed by atoms with Gasteiger partial charge in [-0.1, -0.05) is 6.92 Å². The van der Waals surface area contributed by atoms with Gasteiger partial charge >= 0.3 is 0 Å². The molecule has 0 saturated heterocycles. The predicted octanol–water partition coefficient (Wildman–Crippen LogP) is 0.0653. The normalized spacial score (nSPS) is 13.1. The van der Waals surface area contributed by atoms with Crippen molar-refractivity contribution in [1.29, 1.82) is 0 Å². The molecule has 3 nitrogen and oxygen atoms in total. The summed E-state index contributed by atoms with van der Waals surface area (Å²) in [6.45, 7) is 1.80. The molecule has 10 heavy (non-hydrogen) atoms. The molecule has 0 rings (SSSR count). The van der Waals surface area contributed by atoms with Gasteiger partial charge in [0, 0.05) is 18.9 Å². The average Bonchev–Trinajstić information content (AvgIpc) is 1.99. The maximum absolute atomic E-state index is 10.7. The molecule has 0 aromatic rings. The minimum atomic E-state index is -0.226. The molecule has 0 fully saturated rings. The lowest BCUT2D eigenvalue weighted by Crippen LogP contribution is -2.24. The van der Waals surface area contributed by atoms with Crippen molar-refractivity contribution in [2.45, 2.75) is 32.2 Å². The van der Waals surface area contributed by atoms with Crippen LogP contribution in [0.1, 0.15) is 26.2 Å². The first kappa shape index (κ1) is 9.59. The Morgan fingerprint density at radius 2 is 2.30 bits per heavy atom. The van der Waals surface area contributed by atoms with Crippen LogP contribution in [0, 0.1) is 0 Å². The van der Waals surface area contributed by atoms with Gasteiger partial charge in [0.2, 0.25) is 0 Å². The number of carbonyl (C=O) groups is 1. The molecule has 0 heterocycles. The molecule has 0 aliphatic rings. The highest BCUT2D eigenvalue weighted by Crippen LogP contribution is 1.96. The van der Waals surface area contributed by atoms with E-state index in [4.69, 9.17) is 10.8 Å². The van der Waals surface area contributed by atoms with E-state index in [2.05, 4.69) is 0 Å². The number of nitrogens with two attached hydrogens (primary N) is 1. The van der Waals surface area contributed by atoms with Gasteiger partial charge in [0.1, 0.15) is 5.78 Å². The summed E-state index contributed by atoms with van der Waals surface area (Å²) >= 11 is 0. The first-order chi connectivity index (χ1) is 4.70. The van der Waals surface area contributed by atoms with Crippen LogP contribution >= 0.6 is 0 Å². The second kappa shape index (κ2) is 5.38. The van der Waals surface area contributed by atoms with E-state index in [0.717, 1.165) is 0 Å². The van der Waals surface area contributed by atoms with E-state index in [-0.39, 0.29) is 18.4 Å². The Bertz CT molecular complexity index is 104. The molecule has 0 saturated carbocycles. The molecular formula is C7H15NO2. The van der Waals surface area contributed by atoms with Crippen LogP contribution in [-0.2, 0) is 4.79 Å². The molecule has 0 aliphatic carbocycles. The van der Waals surface area contributed by atoms with Crippen molar-refractivity contribution in [1.82, 2.24) is 0 Å². The van der Waals surface area contributed by atoms with Gasteiger partial charge in [-0.05, 0) is 6.42 Å². The van der Waals surface area contributed by atoms with Crippen molar-refractivity contribution < 1.29 is 9.90 Å². The summed E-state index contributed by atoms with van der Waals surface area (Å²) in [5.74, 6) is 0.212. The standard InChI is InChI=1S/C7H15NO2/c1-2-7(10)4-3-6(8)5-9/h6,9H,2-5,8H2,1H3/t6-/m0/s1. The first-order valence-corrected chi connectivity index (χ1v) is 3.58. The van der Waals surface area contributed by atoms with Crippen LogP contribution in [0.15, 0.2) is 0 Å². The lowest BCUT2D eigenvalue weighted by molar-refractivity contribution is -0.118. The first-order valence-electron chi connectivity index (χ1n) is 3.58. The molecule has 0 bridgehead atoms. The quantitative estimate of drug-likeness (QED) is 0.575. The van der Waals surface area contributed by atoms with Crippen LogP contribution in [-0.4, -0.2) is 23.5 Å². The zero-order chi connectivity index (χ0) is 7.98. The largest absolute Gasteiger partial charge is 0.395 e. The number of Topliss-reactive ketones (excluding diaryl/α,β-unsaturated/α-hetero) is 1. The second-order valence-electron chi connectivity index (χ2n) is 2.37. The fourth-order valence-electron chi connectivity index (χ4n) is 0.614. The smallest absolute Gasteiger partial charge is 0.132 e. The summed E-state index contributed by atoms with van der Waals surface area (Å²) in [6.07, 6.45) is 1.67. The molecule has 0 spiro atoms. The van der Waals surface area contributed by atoms with Gasteiger partial charge in [0.05, 0.1) is 6.61 Å². The van der Waals surface area contributed by atoms with Crippen molar-refractivity contribution in [2.75, 3.05) is 6.61 Å². The number of aliphatic hydroxyl groups excluding tert-OH is 1. The number of hydrogen-bond donors (Lipinski definition) is 2. The van der Waals surface area contributed by atoms with Gasteiger partial charge < -0.3 is 10.8 Å². The van der Waals surface area contributed by atoms with Crippen molar-refractivity contribution >= 4 is 5.78 Å². The van der Waals surface area contributed by atoms with E-state index in [0.29, 0.717) is 19.3 Å². The minimum absolute atomic E-state index is 0.0308. The van der Waals surface area contributed by atoms with E-state index >= 15 is 0 Å². The van der Waals surface area contributed by atoms with Gasteiger partial charge in [-0.25, -0.2) is 0 Å². The summed E-state index contributed by atoms with van der Waals surface area (Å²) in [5, 5.41) is 8.48. The molecule has 0 radical (unpaired) electrons. The van der Waals surface area contributed by atoms with Crippen molar-refractivity contribution in [3.05, 3.63) is 0 Å². The number of carbonyl (C=O) groups excluding carboxylic acids is 1. The Kier molecular flexibility index (Phi) is 5.16. The Balaban J connectivity index is 3.26. The molecule has 1 atom stereocenters. The summed E-state index contributed by atoms with van der Waals surface area (Å²) in [4.78, 5) is 10.7. The Hall–Kier alpha value is -0.410. The third-order valence-corrected chi connectivity index (χ3v) is 1.42. The monoisotopic (exact) mass is 145 g/mol. The maximum Gasteiger partial charge on any atom is 0.132 e. The Morgan fingerprint density at radius 1 is 1.70 bits per heavy atom. The van der Waals surface area contributed by atoms with E-state index in [1.54, 1.807) is 0 Å². The Labute approximate surface area is 61.2 Å². The van der Waals surface area contributed by atoms with Crippen molar-refractivity contribution in [2.24, 2.45) is 5.73 Å². The maximum atomic E-state index is 10.7. The lowest BCUT2D eigenvalue weighted by Gasteiger charge is -2.04. The van der Waals surface area contributed by atoms with Gasteiger partial charge in [0.15, 0.2) is 0 Å². The van der Waals surface area contributed by atoms with Crippen molar-refractivity contribution in [3.63, 3.8) is 0 Å². The molecule has 60 valence electrons. The zero-order valence-electron chi connectivity index (χ0n) is 6.34. The lowest BCUT2D eigenvalue weighted by atomic mass is 10.1. The van der Waals surface area contributed by atoms with E-state index in [1.165, 1.54) is 0 Å². The van der Waals surface area contributed by atoms with Crippen molar-refractivity contribution in [3.8, 4) is 0 Å². The number of ketones is 1. The van der Waals surface area contributed by atoms with Crippen LogP contribution in [0.3, 0.4) is 0 Å². The van der Waals surface area contributed by atoms with Crippen LogP contribution < -0.4 is 5.73 Å². The molecule has 0 aliphatic heterocycles. The summed E-state index contributed by atoms with van der Waals surface area (Å²) in [5.41, 5.74) is 5.37. The van der Waals surface area contributed by atoms with Gasteiger partial charge in [-0.2, -0.15) is 0 Å². The molecule has 0 amide bonds. The van der Waals surface area contributed by atoms with E-state index in [1.807, 2.05) is 6.92 Å². The predicted molar refractivity (Wildman–Crippen MR) is 39.6 cm³/mol. The Morgan fingerprint density at radius 3 is 2.70 bits per heavy atom. The third kappa shape index (κ3) is 4.47. The van der Waals surface area contributed by atoms with Crippen LogP contribution in [0.2, 0.25) is 0 Å². The summed E-state index contributed by atoms with van der Waals surface area (Å²) < 4.78 is 0. The molecule has 3 heteroatoms. The highest BCUT2D eigenvalue weighted by Gasteiger charge is 2.03. The van der Waals surface area contributed by atoms with Gasteiger partial charge in [-0.3, -0.25) is 4.79 Å². The van der Waals surface area contributed by atoms with Crippen LogP contribution in [0.5, 0.6) is 0 Å². The van der Waals surface area contributed by atoms with E-state index in [9.17, 15) is 4.79 Å². The zero-order valence-corrected chi connectivity index (χ0v) is 6.34. The molecule has 3 N–H and O–H groups in total. The number of rotatable bonds is 5. The average molecular weight is 145 g/mol. The second-order valence-corrected chi connectivity index (χ2v) is 2.37. The summed E-state index contributed by atoms with van der Waals surface area (Å²) in [7, 11) is 0. The molecule has 0 aromatic heterocycles. The van der Waals surface area contributed by atoms with Crippen LogP contribution in [0.4, 0.5) is 0 Å². The highest BCUT2D eigenvalue weighted by molar-refractivity contribution is 5.77. The summed E-state index contributed by atoms with van der Waals surface area (Å²) in [6, 6.07) is -0.226. The van der Waals surface area contributed by atoms with E-state index < -0.39 is 0 Å².